The molecular weight excluding hydrogens is 207 g/mol. The van der Waals surface area contributed by atoms with Gasteiger partial charge in [0.25, 0.3) is 0 Å². The fraction of sp³-hybridized carbons (Fsp3) is 0.462. The van der Waals surface area contributed by atoms with Gasteiger partial charge in [0.05, 0.1) is 7.11 Å². The molecular formula is C13H17FO2. The molecule has 0 radical (unpaired) electrons. The summed E-state index contributed by atoms with van der Waals surface area (Å²) in [7, 11) is 1.45. The molecule has 0 spiro atoms. The highest BCUT2D eigenvalue weighted by Crippen LogP contribution is 2.23. The van der Waals surface area contributed by atoms with Gasteiger partial charge in [-0.1, -0.05) is 19.1 Å². The van der Waals surface area contributed by atoms with Crippen LogP contribution in [0.5, 0.6) is 5.75 Å². The quantitative estimate of drug-likeness (QED) is 0.768. The highest BCUT2D eigenvalue weighted by Gasteiger charge is 2.12. The number of ether oxygens (including phenoxy) is 1. The summed E-state index contributed by atoms with van der Waals surface area (Å²) in [5.74, 6) is 0.225. The first kappa shape index (κ1) is 12.7. The average Bonchev–Trinajstić information content (AvgIpc) is 2.20. The minimum Gasteiger partial charge on any atom is -0.494 e. The van der Waals surface area contributed by atoms with Gasteiger partial charge in [-0.25, -0.2) is 4.39 Å². The van der Waals surface area contributed by atoms with Gasteiger partial charge in [0.15, 0.2) is 11.6 Å². The van der Waals surface area contributed by atoms with Crippen molar-refractivity contribution >= 4 is 5.78 Å². The summed E-state index contributed by atoms with van der Waals surface area (Å²) in [6.45, 7) is 3.50. The van der Waals surface area contributed by atoms with Gasteiger partial charge in [0.2, 0.25) is 0 Å². The first-order valence-electron chi connectivity index (χ1n) is 5.35. The average molecular weight is 224 g/mol. The Morgan fingerprint density at radius 2 is 2.19 bits per heavy atom. The minimum absolute atomic E-state index is 0.135. The second-order valence-electron chi connectivity index (χ2n) is 4.15. The maximum absolute atomic E-state index is 13.8. The van der Waals surface area contributed by atoms with Crippen LogP contribution < -0.4 is 4.74 Å². The van der Waals surface area contributed by atoms with Crippen LogP contribution in [-0.4, -0.2) is 12.9 Å². The van der Waals surface area contributed by atoms with Crippen LogP contribution in [0.15, 0.2) is 18.2 Å². The SMILES string of the molecule is COc1cccc(CC(C)CC(C)=O)c1F. The summed E-state index contributed by atoms with van der Waals surface area (Å²) < 4.78 is 18.7. The standard InChI is InChI=1S/C13H17FO2/c1-9(7-10(2)15)8-11-5-4-6-12(16-3)13(11)14/h4-6,9H,7-8H2,1-3H3. The third kappa shape index (κ3) is 3.33. The monoisotopic (exact) mass is 224 g/mol. The zero-order chi connectivity index (χ0) is 12.1. The molecule has 2 nitrogen and oxygen atoms in total. The lowest BCUT2D eigenvalue weighted by atomic mass is 9.96. The van der Waals surface area contributed by atoms with Crippen molar-refractivity contribution in [3.05, 3.63) is 29.6 Å². The zero-order valence-corrected chi connectivity index (χ0v) is 9.92. The van der Waals surface area contributed by atoms with Gasteiger partial charge in [0.1, 0.15) is 5.78 Å². The van der Waals surface area contributed by atoms with Crippen molar-refractivity contribution in [1.82, 2.24) is 0 Å². The molecule has 0 aliphatic heterocycles. The summed E-state index contributed by atoms with van der Waals surface area (Å²) in [5.41, 5.74) is 0.605. The minimum atomic E-state index is -0.319. The Bertz CT molecular complexity index is 374. The normalized spacial score (nSPS) is 12.2. The molecule has 1 atom stereocenters. The van der Waals surface area contributed by atoms with E-state index in [0.29, 0.717) is 18.4 Å². The molecule has 0 bridgehead atoms. The summed E-state index contributed by atoms with van der Waals surface area (Å²) in [4.78, 5) is 10.9. The summed E-state index contributed by atoms with van der Waals surface area (Å²) in [6, 6.07) is 5.08. The molecule has 3 heteroatoms. The van der Waals surface area contributed by atoms with Crippen LogP contribution in [0.2, 0.25) is 0 Å². The molecule has 0 saturated heterocycles. The van der Waals surface area contributed by atoms with E-state index in [1.807, 2.05) is 6.92 Å². The van der Waals surface area contributed by atoms with E-state index in [9.17, 15) is 9.18 Å². The number of benzene rings is 1. The molecule has 0 aliphatic carbocycles. The molecule has 1 unspecified atom stereocenters. The van der Waals surface area contributed by atoms with E-state index in [4.69, 9.17) is 4.74 Å². The van der Waals surface area contributed by atoms with Crippen LogP contribution in [0.3, 0.4) is 0 Å². The summed E-state index contributed by atoms with van der Waals surface area (Å²) in [5, 5.41) is 0. The van der Waals surface area contributed by atoms with Crippen molar-refractivity contribution in [2.24, 2.45) is 5.92 Å². The highest BCUT2D eigenvalue weighted by atomic mass is 19.1. The molecule has 0 aliphatic rings. The fourth-order valence-electron chi connectivity index (χ4n) is 1.81. The van der Waals surface area contributed by atoms with E-state index >= 15 is 0 Å². The number of Topliss-reactive ketones (excluding diaryl/α,β-unsaturated/α-hetero) is 1. The van der Waals surface area contributed by atoms with Gasteiger partial charge in [-0.3, -0.25) is 0 Å². The Hall–Kier alpha value is -1.38. The third-order valence-electron chi connectivity index (χ3n) is 2.47. The van der Waals surface area contributed by atoms with Crippen LogP contribution in [0.1, 0.15) is 25.8 Å². The predicted octanol–water partition coefficient (Wildman–Crippen LogP) is 2.99. The van der Waals surface area contributed by atoms with Gasteiger partial charge in [-0.05, 0) is 30.9 Å². The number of hydrogen-bond acceptors (Lipinski definition) is 2. The van der Waals surface area contributed by atoms with E-state index in [1.165, 1.54) is 7.11 Å². The van der Waals surface area contributed by atoms with Crippen molar-refractivity contribution < 1.29 is 13.9 Å². The van der Waals surface area contributed by atoms with Crippen LogP contribution in [0.25, 0.3) is 0 Å². The molecule has 88 valence electrons. The maximum atomic E-state index is 13.8. The molecule has 0 fully saturated rings. The Morgan fingerprint density at radius 3 is 2.75 bits per heavy atom. The van der Waals surface area contributed by atoms with E-state index in [1.54, 1.807) is 25.1 Å². The predicted molar refractivity (Wildman–Crippen MR) is 61.1 cm³/mol. The van der Waals surface area contributed by atoms with E-state index in [2.05, 4.69) is 0 Å². The highest BCUT2D eigenvalue weighted by molar-refractivity contribution is 5.75. The van der Waals surface area contributed by atoms with Gasteiger partial charge >= 0.3 is 0 Å². The van der Waals surface area contributed by atoms with Crippen LogP contribution in [-0.2, 0) is 11.2 Å². The second kappa shape index (κ2) is 5.64. The number of methoxy groups -OCH3 is 1. The van der Waals surface area contributed by atoms with Crippen molar-refractivity contribution in [1.29, 1.82) is 0 Å². The van der Waals surface area contributed by atoms with Crippen LogP contribution in [0.4, 0.5) is 4.39 Å². The molecule has 0 heterocycles. The Labute approximate surface area is 95.4 Å². The Morgan fingerprint density at radius 1 is 1.50 bits per heavy atom. The number of ketones is 1. The lowest BCUT2D eigenvalue weighted by Crippen LogP contribution is -2.07. The lowest BCUT2D eigenvalue weighted by Gasteiger charge is -2.11. The second-order valence-corrected chi connectivity index (χ2v) is 4.15. The van der Waals surface area contributed by atoms with E-state index in [-0.39, 0.29) is 23.3 Å². The first-order valence-corrected chi connectivity index (χ1v) is 5.35. The zero-order valence-electron chi connectivity index (χ0n) is 9.92. The topological polar surface area (TPSA) is 26.3 Å². The smallest absolute Gasteiger partial charge is 0.168 e. The maximum Gasteiger partial charge on any atom is 0.168 e. The van der Waals surface area contributed by atoms with Crippen molar-refractivity contribution in [2.45, 2.75) is 26.7 Å². The number of rotatable bonds is 5. The number of carbonyl (C=O) groups excluding carboxylic acids is 1. The van der Waals surface area contributed by atoms with Crippen molar-refractivity contribution in [3.8, 4) is 5.75 Å². The van der Waals surface area contributed by atoms with E-state index < -0.39 is 0 Å². The van der Waals surface area contributed by atoms with Crippen molar-refractivity contribution in [3.63, 3.8) is 0 Å². The molecule has 16 heavy (non-hydrogen) atoms. The molecule has 1 aromatic carbocycles. The van der Waals surface area contributed by atoms with Crippen LogP contribution >= 0.6 is 0 Å². The first-order chi connectivity index (χ1) is 7.54. The lowest BCUT2D eigenvalue weighted by molar-refractivity contribution is -0.117. The number of hydrogen-bond donors (Lipinski definition) is 0. The van der Waals surface area contributed by atoms with Gasteiger partial charge in [-0.15, -0.1) is 0 Å². The largest absolute Gasteiger partial charge is 0.494 e. The Kier molecular flexibility index (Phi) is 4.47. The third-order valence-corrected chi connectivity index (χ3v) is 2.47. The van der Waals surface area contributed by atoms with E-state index in [0.717, 1.165) is 0 Å². The molecule has 1 aromatic rings. The summed E-state index contributed by atoms with van der Waals surface area (Å²) >= 11 is 0. The molecule has 0 amide bonds. The summed E-state index contributed by atoms with van der Waals surface area (Å²) in [6.07, 6.45) is 1.04. The van der Waals surface area contributed by atoms with Gasteiger partial charge in [0, 0.05) is 6.42 Å². The van der Waals surface area contributed by atoms with Crippen molar-refractivity contribution in [2.75, 3.05) is 7.11 Å². The van der Waals surface area contributed by atoms with Crippen LogP contribution in [0, 0.1) is 11.7 Å². The molecule has 0 saturated carbocycles. The molecule has 0 aromatic heterocycles. The fourth-order valence-corrected chi connectivity index (χ4v) is 1.81. The van der Waals surface area contributed by atoms with Gasteiger partial charge < -0.3 is 9.53 Å². The number of halogens is 1. The number of carbonyl (C=O) groups is 1. The Balaban J connectivity index is 2.77. The van der Waals surface area contributed by atoms with Gasteiger partial charge in [-0.2, -0.15) is 0 Å². The molecule has 0 N–H and O–H groups in total. The molecule has 1 rings (SSSR count).